The minimum absolute atomic E-state index is 0.169. The fourth-order valence-electron chi connectivity index (χ4n) is 4.78. The van der Waals surface area contributed by atoms with Crippen LogP contribution in [0.25, 0.3) is 0 Å². The van der Waals surface area contributed by atoms with Gasteiger partial charge in [0, 0.05) is 50.2 Å². The van der Waals surface area contributed by atoms with Crippen LogP contribution in [-0.4, -0.2) is 60.0 Å². The first-order valence-electron chi connectivity index (χ1n) is 11.8. The summed E-state index contributed by atoms with van der Waals surface area (Å²) in [7, 11) is 0. The third-order valence-electron chi connectivity index (χ3n) is 6.57. The summed E-state index contributed by atoms with van der Waals surface area (Å²) in [5.74, 6) is -3.42. The minimum atomic E-state index is -1.48. The molecule has 1 unspecified atom stereocenters. The molecule has 3 heterocycles. The Bertz CT molecular complexity index is 1270. The first-order chi connectivity index (χ1) is 17.4. The first kappa shape index (κ1) is 24.2. The number of amides is 1. The lowest BCUT2D eigenvalue weighted by molar-refractivity contribution is 0.0229. The number of aromatic nitrogens is 1. The van der Waals surface area contributed by atoms with Crippen LogP contribution in [0.15, 0.2) is 48.7 Å². The predicted molar refractivity (Wildman–Crippen MR) is 128 cm³/mol. The molecule has 1 atom stereocenters. The van der Waals surface area contributed by atoms with Gasteiger partial charge in [0.2, 0.25) is 0 Å². The Morgan fingerprint density at radius 3 is 2.67 bits per heavy atom. The van der Waals surface area contributed by atoms with E-state index in [2.05, 4.69) is 15.6 Å². The summed E-state index contributed by atoms with van der Waals surface area (Å²) < 4.78 is 40.5. The highest BCUT2D eigenvalue weighted by Gasteiger charge is 2.26. The van der Waals surface area contributed by atoms with Gasteiger partial charge in [0.1, 0.15) is 5.82 Å². The van der Waals surface area contributed by atoms with Crippen molar-refractivity contribution in [1.29, 1.82) is 0 Å². The maximum absolute atomic E-state index is 13.6. The third-order valence-corrected chi connectivity index (χ3v) is 6.57. The molecule has 10 heteroatoms. The van der Waals surface area contributed by atoms with Crippen molar-refractivity contribution in [1.82, 2.24) is 20.5 Å². The number of anilines is 2. The average Bonchev–Trinajstić information content (AvgIpc) is 3.48. The van der Waals surface area contributed by atoms with E-state index in [1.165, 1.54) is 0 Å². The molecule has 2 aliphatic rings. The molecule has 0 radical (unpaired) electrons. The Morgan fingerprint density at radius 2 is 1.92 bits per heavy atom. The average molecular weight is 498 g/mol. The van der Waals surface area contributed by atoms with Gasteiger partial charge in [0.05, 0.1) is 0 Å². The topological polar surface area (TPSA) is 80.7 Å². The molecule has 1 saturated heterocycles. The van der Waals surface area contributed by atoms with Crippen LogP contribution in [-0.2, 0) is 12.8 Å². The van der Waals surface area contributed by atoms with Gasteiger partial charge >= 0.3 is 0 Å². The molecule has 188 valence electrons. The number of benzene rings is 2. The van der Waals surface area contributed by atoms with Crippen molar-refractivity contribution in [3.63, 3.8) is 0 Å². The van der Waals surface area contributed by atoms with Gasteiger partial charge in [0.25, 0.3) is 5.91 Å². The fourth-order valence-corrected chi connectivity index (χ4v) is 4.78. The normalized spacial score (nSPS) is 17.4. The number of aliphatic hydroxyl groups is 1. The van der Waals surface area contributed by atoms with Gasteiger partial charge in [-0.05, 0) is 65.9 Å². The van der Waals surface area contributed by atoms with Gasteiger partial charge in [-0.3, -0.25) is 15.0 Å². The van der Waals surface area contributed by atoms with E-state index in [0.717, 1.165) is 35.5 Å². The third kappa shape index (κ3) is 4.92. The summed E-state index contributed by atoms with van der Waals surface area (Å²) in [5, 5.41) is 15.7. The number of nitrogens with one attached hydrogen (secondary N) is 2. The molecule has 36 heavy (non-hydrogen) atoms. The second-order valence-corrected chi connectivity index (χ2v) is 8.90. The molecule has 0 saturated carbocycles. The molecule has 5 rings (SSSR count). The molecular formula is C26H26F3N5O2. The first-order valence-corrected chi connectivity index (χ1v) is 11.8. The number of nitrogens with zero attached hydrogens (tertiary/aromatic N) is 3. The van der Waals surface area contributed by atoms with E-state index in [0.29, 0.717) is 49.5 Å². The van der Waals surface area contributed by atoms with Gasteiger partial charge < -0.3 is 15.3 Å². The summed E-state index contributed by atoms with van der Waals surface area (Å²) in [6.07, 6.45) is 1.82. The Labute approximate surface area is 206 Å². The standard InChI is InChI=1S/C26H26F3N5O2/c27-20-13-17(14-21(28)24(20)29)12-16-4-6-30-23(15-16)34-9-5-18-19(2-1-3-22(18)34)25(35)31-7-10-33-11-8-32-26(33)36/h1-4,6,13-15,26,32,36H,5,7-12H2,(H,31,35). The largest absolute Gasteiger partial charge is 0.365 e. The SMILES string of the molecule is O=C(NCCN1CCNC1O)c1cccc2c1CCN2c1cc(Cc2cc(F)c(F)c(F)c2)ccn1. The number of rotatable bonds is 7. The van der Waals surface area contributed by atoms with Crippen LogP contribution < -0.4 is 15.5 Å². The number of hydrogen-bond acceptors (Lipinski definition) is 6. The summed E-state index contributed by atoms with van der Waals surface area (Å²) in [4.78, 5) is 21.2. The highest BCUT2D eigenvalue weighted by molar-refractivity contribution is 5.98. The lowest BCUT2D eigenvalue weighted by atomic mass is 10.0. The maximum atomic E-state index is 13.6. The van der Waals surface area contributed by atoms with Crippen LogP contribution in [0.1, 0.15) is 27.0 Å². The van der Waals surface area contributed by atoms with Gasteiger partial charge in [-0.1, -0.05) is 6.07 Å². The number of halogens is 3. The van der Waals surface area contributed by atoms with E-state index in [-0.39, 0.29) is 12.3 Å². The molecule has 1 amide bonds. The second-order valence-electron chi connectivity index (χ2n) is 8.90. The van der Waals surface area contributed by atoms with E-state index in [1.54, 1.807) is 18.3 Å². The number of carbonyl (C=O) groups is 1. The van der Waals surface area contributed by atoms with Crippen LogP contribution in [0.2, 0.25) is 0 Å². The molecule has 3 aromatic rings. The molecule has 2 aromatic carbocycles. The van der Waals surface area contributed by atoms with Crippen LogP contribution in [0.3, 0.4) is 0 Å². The quantitative estimate of drug-likeness (QED) is 0.436. The smallest absolute Gasteiger partial charge is 0.251 e. The Morgan fingerprint density at radius 1 is 1.11 bits per heavy atom. The molecule has 1 aromatic heterocycles. The molecule has 3 N–H and O–H groups in total. The van der Waals surface area contributed by atoms with Crippen molar-refractivity contribution in [2.24, 2.45) is 0 Å². The van der Waals surface area contributed by atoms with Gasteiger partial charge in [-0.15, -0.1) is 0 Å². The Kier molecular flexibility index (Phi) is 6.90. The van der Waals surface area contributed by atoms with E-state index < -0.39 is 23.8 Å². The summed E-state index contributed by atoms with van der Waals surface area (Å²) in [6, 6.07) is 11.1. The fraction of sp³-hybridized carbons (Fsp3) is 0.308. The van der Waals surface area contributed by atoms with Crippen molar-refractivity contribution in [3.8, 4) is 0 Å². The second kappa shape index (κ2) is 10.3. The van der Waals surface area contributed by atoms with Crippen LogP contribution >= 0.6 is 0 Å². The molecule has 0 bridgehead atoms. The predicted octanol–water partition coefficient (Wildman–Crippen LogP) is 2.69. The molecule has 1 fully saturated rings. The Hall–Kier alpha value is -3.47. The number of fused-ring (bicyclic) bond motifs is 1. The summed E-state index contributed by atoms with van der Waals surface area (Å²) in [5.41, 5.74) is 3.49. The maximum Gasteiger partial charge on any atom is 0.251 e. The molecule has 0 aliphatic carbocycles. The number of aliphatic hydroxyl groups excluding tert-OH is 1. The van der Waals surface area contributed by atoms with E-state index in [1.807, 2.05) is 28.0 Å². The lowest BCUT2D eigenvalue weighted by Gasteiger charge is -2.20. The molecule has 7 nitrogen and oxygen atoms in total. The van der Waals surface area contributed by atoms with E-state index in [4.69, 9.17) is 0 Å². The highest BCUT2D eigenvalue weighted by Crippen LogP contribution is 2.36. The highest BCUT2D eigenvalue weighted by atomic mass is 19.2. The molecule has 0 spiro atoms. The van der Waals surface area contributed by atoms with E-state index >= 15 is 0 Å². The van der Waals surface area contributed by atoms with Gasteiger partial charge in [-0.2, -0.15) is 0 Å². The lowest BCUT2D eigenvalue weighted by Crippen LogP contribution is -2.40. The minimum Gasteiger partial charge on any atom is -0.365 e. The van der Waals surface area contributed by atoms with Gasteiger partial charge in [-0.25, -0.2) is 18.2 Å². The monoisotopic (exact) mass is 497 g/mol. The number of carbonyl (C=O) groups excluding carboxylic acids is 1. The van der Waals surface area contributed by atoms with Crippen molar-refractivity contribution in [2.45, 2.75) is 19.2 Å². The molecular weight excluding hydrogens is 471 g/mol. The zero-order valence-electron chi connectivity index (χ0n) is 19.5. The van der Waals surface area contributed by atoms with Crippen molar-refractivity contribution >= 4 is 17.4 Å². The van der Waals surface area contributed by atoms with Crippen molar-refractivity contribution < 1.29 is 23.1 Å². The van der Waals surface area contributed by atoms with Crippen LogP contribution in [0.5, 0.6) is 0 Å². The number of pyridine rings is 1. The number of hydrogen-bond donors (Lipinski definition) is 3. The Balaban J connectivity index is 1.30. The molecule has 2 aliphatic heterocycles. The zero-order valence-corrected chi connectivity index (χ0v) is 19.5. The van der Waals surface area contributed by atoms with Gasteiger partial charge in [0.15, 0.2) is 23.8 Å². The van der Waals surface area contributed by atoms with Crippen molar-refractivity contribution in [2.75, 3.05) is 37.6 Å². The zero-order chi connectivity index (χ0) is 25.2. The van der Waals surface area contributed by atoms with Crippen molar-refractivity contribution in [3.05, 3.63) is 88.4 Å². The summed E-state index contributed by atoms with van der Waals surface area (Å²) >= 11 is 0. The summed E-state index contributed by atoms with van der Waals surface area (Å²) in [6.45, 7) is 3.02. The van der Waals surface area contributed by atoms with E-state index in [9.17, 15) is 23.1 Å². The van der Waals surface area contributed by atoms with Crippen LogP contribution in [0, 0.1) is 17.5 Å². The van der Waals surface area contributed by atoms with Crippen LogP contribution in [0.4, 0.5) is 24.7 Å².